The molecule has 1 aliphatic heterocycles. The van der Waals surface area contributed by atoms with E-state index in [0.717, 1.165) is 19.4 Å². The second kappa shape index (κ2) is 6.32. The summed E-state index contributed by atoms with van der Waals surface area (Å²) in [7, 11) is 0. The Hall–Kier alpha value is -1.17. The highest BCUT2D eigenvalue weighted by atomic mass is 35.5. The first-order valence-corrected chi connectivity index (χ1v) is 6.60. The van der Waals surface area contributed by atoms with Gasteiger partial charge in [0.15, 0.2) is 0 Å². The van der Waals surface area contributed by atoms with Gasteiger partial charge in [0.2, 0.25) is 5.91 Å². The van der Waals surface area contributed by atoms with Crippen LogP contribution >= 0.6 is 11.6 Å². The molecule has 1 fully saturated rings. The lowest BCUT2D eigenvalue weighted by molar-refractivity contribution is -0.123. The minimum atomic E-state index is -0.784. The van der Waals surface area contributed by atoms with E-state index in [2.05, 4.69) is 10.6 Å². The molecular weight excluding hydrogens is 271 g/mol. The molecule has 3 N–H and O–H groups in total. The SMILES string of the molecule is O=C(N[C@H](CO)c1cccc(Cl)c1F)C1CCCN1. The molecule has 104 valence electrons. The molecule has 1 aromatic carbocycles. The molecule has 1 saturated heterocycles. The van der Waals surface area contributed by atoms with Crippen LogP contribution in [-0.2, 0) is 4.79 Å². The van der Waals surface area contributed by atoms with Crippen molar-refractivity contribution in [2.45, 2.75) is 24.9 Å². The maximum Gasteiger partial charge on any atom is 0.237 e. The number of carbonyl (C=O) groups is 1. The molecule has 0 saturated carbocycles. The molecule has 0 radical (unpaired) electrons. The number of aliphatic hydroxyl groups is 1. The van der Waals surface area contributed by atoms with Crippen LogP contribution in [0.2, 0.25) is 5.02 Å². The number of nitrogens with one attached hydrogen (secondary N) is 2. The summed E-state index contributed by atoms with van der Waals surface area (Å²) in [5.74, 6) is -0.834. The largest absolute Gasteiger partial charge is 0.394 e. The number of benzene rings is 1. The van der Waals surface area contributed by atoms with Gasteiger partial charge in [-0.3, -0.25) is 4.79 Å². The molecule has 0 spiro atoms. The Bertz CT molecular complexity index is 464. The minimum absolute atomic E-state index is 0.0239. The van der Waals surface area contributed by atoms with Crippen LogP contribution < -0.4 is 10.6 Å². The lowest BCUT2D eigenvalue weighted by Gasteiger charge is -2.20. The topological polar surface area (TPSA) is 61.4 Å². The molecule has 1 heterocycles. The number of halogens is 2. The number of carbonyl (C=O) groups excluding carboxylic acids is 1. The van der Waals surface area contributed by atoms with Crippen molar-refractivity contribution < 1.29 is 14.3 Å². The Labute approximate surface area is 116 Å². The molecule has 1 aromatic rings. The Morgan fingerprint density at radius 3 is 3.05 bits per heavy atom. The van der Waals surface area contributed by atoms with Crippen molar-refractivity contribution in [3.8, 4) is 0 Å². The smallest absolute Gasteiger partial charge is 0.237 e. The van der Waals surface area contributed by atoms with Gasteiger partial charge >= 0.3 is 0 Å². The van der Waals surface area contributed by atoms with Crippen LogP contribution in [0.5, 0.6) is 0 Å². The number of amides is 1. The molecule has 1 unspecified atom stereocenters. The monoisotopic (exact) mass is 286 g/mol. The number of hydrogen-bond acceptors (Lipinski definition) is 3. The molecule has 1 aliphatic rings. The van der Waals surface area contributed by atoms with Crippen LogP contribution in [0.1, 0.15) is 24.4 Å². The third-order valence-corrected chi connectivity index (χ3v) is 3.52. The van der Waals surface area contributed by atoms with Gasteiger partial charge in [0.1, 0.15) is 5.82 Å². The third-order valence-electron chi connectivity index (χ3n) is 3.23. The highest BCUT2D eigenvalue weighted by molar-refractivity contribution is 6.30. The first-order valence-electron chi connectivity index (χ1n) is 6.22. The summed E-state index contributed by atoms with van der Waals surface area (Å²) in [5.41, 5.74) is 0.196. The molecule has 1 amide bonds. The van der Waals surface area contributed by atoms with Crippen LogP contribution in [0.4, 0.5) is 4.39 Å². The zero-order valence-electron chi connectivity index (χ0n) is 10.3. The van der Waals surface area contributed by atoms with E-state index in [0.29, 0.717) is 0 Å². The maximum atomic E-state index is 13.9. The normalized spacial score (nSPS) is 20.3. The molecule has 2 atom stereocenters. The summed E-state index contributed by atoms with van der Waals surface area (Å²) in [6.07, 6.45) is 1.69. The van der Waals surface area contributed by atoms with Gasteiger partial charge in [-0.2, -0.15) is 0 Å². The fourth-order valence-corrected chi connectivity index (χ4v) is 2.37. The van der Waals surface area contributed by atoms with Crippen LogP contribution in [0.15, 0.2) is 18.2 Å². The quantitative estimate of drug-likeness (QED) is 0.784. The van der Waals surface area contributed by atoms with Gasteiger partial charge in [0, 0.05) is 5.56 Å². The van der Waals surface area contributed by atoms with E-state index in [1.807, 2.05) is 0 Å². The summed E-state index contributed by atoms with van der Waals surface area (Å²) in [6.45, 7) is 0.420. The first-order chi connectivity index (χ1) is 9.13. The van der Waals surface area contributed by atoms with Gasteiger partial charge < -0.3 is 15.7 Å². The van der Waals surface area contributed by atoms with E-state index in [-0.39, 0.29) is 29.1 Å². The second-order valence-electron chi connectivity index (χ2n) is 4.54. The standard InChI is InChI=1S/C13H16ClFN2O2/c14-9-4-1-3-8(12(9)15)11(7-18)17-13(19)10-5-2-6-16-10/h1,3-4,10-11,16,18H,2,5-7H2,(H,17,19)/t10?,11-/m1/s1. The van der Waals surface area contributed by atoms with Crippen LogP contribution in [0.3, 0.4) is 0 Å². The zero-order chi connectivity index (χ0) is 13.8. The molecule has 0 aromatic heterocycles. The number of aliphatic hydroxyl groups excluding tert-OH is 1. The third kappa shape index (κ3) is 3.23. The predicted molar refractivity (Wildman–Crippen MR) is 70.4 cm³/mol. The van der Waals surface area contributed by atoms with E-state index in [9.17, 15) is 14.3 Å². The summed E-state index contributed by atoms with van der Waals surface area (Å²) >= 11 is 5.70. The second-order valence-corrected chi connectivity index (χ2v) is 4.94. The predicted octanol–water partition coefficient (Wildman–Crippen LogP) is 1.38. The van der Waals surface area contributed by atoms with Crippen molar-refractivity contribution in [3.05, 3.63) is 34.6 Å². The lowest BCUT2D eigenvalue weighted by atomic mass is 10.1. The van der Waals surface area contributed by atoms with Gasteiger partial charge in [-0.1, -0.05) is 23.7 Å². The van der Waals surface area contributed by atoms with Crippen molar-refractivity contribution >= 4 is 17.5 Å². The fraction of sp³-hybridized carbons (Fsp3) is 0.462. The molecule has 6 heteroatoms. The Kier molecular flexibility index (Phi) is 4.74. The summed E-state index contributed by atoms with van der Waals surface area (Å²) < 4.78 is 13.9. The van der Waals surface area contributed by atoms with Crippen molar-refractivity contribution in [2.75, 3.05) is 13.2 Å². The Balaban J connectivity index is 2.11. The summed E-state index contributed by atoms with van der Waals surface area (Å²) in [4.78, 5) is 11.9. The lowest BCUT2D eigenvalue weighted by Crippen LogP contribution is -2.43. The molecule has 0 aliphatic carbocycles. The van der Waals surface area contributed by atoms with E-state index >= 15 is 0 Å². The van der Waals surface area contributed by atoms with Crippen molar-refractivity contribution in [2.24, 2.45) is 0 Å². The molecule has 4 nitrogen and oxygen atoms in total. The minimum Gasteiger partial charge on any atom is -0.394 e. The van der Waals surface area contributed by atoms with Gasteiger partial charge in [-0.25, -0.2) is 4.39 Å². The van der Waals surface area contributed by atoms with Crippen molar-refractivity contribution in [1.82, 2.24) is 10.6 Å². The van der Waals surface area contributed by atoms with Crippen molar-refractivity contribution in [1.29, 1.82) is 0 Å². The highest BCUT2D eigenvalue weighted by Crippen LogP contribution is 2.23. The van der Waals surface area contributed by atoms with E-state index in [1.54, 1.807) is 6.07 Å². The van der Waals surface area contributed by atoms with Crippen LogP contribution in [0, 0.1) is 5.82 Å². The van der Waals surface area contributed by atoms with E-state index in [4.69, 9.17) is 11.6 Å². The van der Waals surface area contributed by atoms with Gasteiger partial charge in [-0.05, 0) is 25.5 Å². The van der Waals surface area contributed by atoms with E-state index in [1.165, 1.54) is 12.1 Å². The summed E-state index contributed by atoms with van der Waals surface area (Å²) in [5, 5.41) is 15.0. The average Bonchev–Trinajstić information content (AvgIpc) is 2.93. The average molecular weight is 287 g/mol. The molecule has 2 rings (SSSR count). The zero-order valence-corrected chi connectivity index (χ0v) is 11.1. The maximum absolute atomic E-state index is 13.9. The fourth-order valence-electron chi connectivity index (χ4n) is 2.19. The van der Waals surface area contributed by atoms with Crippen LogP contribution in [0.25, 0.3) is 0 Å². The number of hydrogen-bond donors (Lipinski definition) is 3. The van der Waals surface area contributed by atoms with Crippen LogP contribution in [-0.4, -0.2) is 30.2 Å². The van der Waals surface area contributed by atoms with Crippen molar-refractivity contribution in [3.63, 3.8) is 0 Å². The molecule has 19 heavy (non-hydrogen) atoms. The number of rotatable bonds is 4. The molecular formula is C13H16ClFN2O2. The van der Waals surface area contributed by atoms with Gasteiger partial charge in [0.25, 0.3) is 0 Å². The Morgan fingerprint density at radius 1 is 1.63 bits per heavy atom. The van der Waals surface area contributed by atoms with Gasteiger partial charge in [0.05, 0.1) is 23.7 Å². The first kappa shape index (κ1) is 14.2. The van der Waals surface area contributed by atoms with E-state index < -0.39 is 11.9 Å². The summed E-state index contributed by atoms with van der Waals surface area (Å²) in [6, 6.07) is 3.47. The molecule has 0 bridgehead atoms. The van der Waals surface area contributed by atoms with Gasteiger partial charge in [-0.15, -0.1) is 0 Å². The Morgan fingerprint density at radius 2 is 2.42 bits per heavy atom. The highest BCUT2D eigenvalue weighted by Gasteiger charge is 2.25.